The van der Waals surface area contributed by atoms with Crippen molar-refractivity contribution in [2.45, 2.75) is 32.2 Å². The predicted molar refractivity (Wildman–Crippen MR) is 76.6 cm³/mol. The van der Waals surface area contributed by atoms with Crippen LogP contribution in [-0.4, -0.2) is 43.5 Å². The first-order chi connectivity index (χ1) is 9.61. The molecule has 1 saturated carbocycles. The summed E-state index contributed by atoms with van der Waals surface area (Å²) in [4.78, 5) is 14.4. The van der Waals surface area contributed by atoms with Crippen molar-refractivity contribution < 1.29 is 13.9 Å². The van der Waals surface area contributed by atoms with Gasteiger partial charge in [-0.2, -0.15) is 0 Å². The van der Waals surface area contributed by atoms with Crippen LogP contribution >= 0.6 is 0 Å². The number of benzene rings is 1. The second-order valence-corrected chi connectivity index (χ2v) is 5.40. The number of hydrogen-bond donors (Lipinski definition) is 0. The summed E-state index contributed by atoms with van der Waals surface area (Å²) in [6, 6.07) is 5.31. The molecule has 1 aromatic rings. The lowest BCUT2D eigenvalue weighted by Crippen LogP contribution is -2.31. The Labute approximate surface area is 119 Å². The zero-order valence-electron chi connectivity index (χ0n) is 12.2. The van der Waals surface area contributed by atoms with E-state index < -0.39 is 0 Å². The van der Waals surface area contributed by atoms with Crippen LogP contribution in [0.4, 0.5) is 4.39 Å². The van der Waals surface area contributed by atoms with Crippen molar-refractivity contribution in [3.05, 3.63) is 35.1 Å². The van der Waals surface area contributed by atoms with Gasteiger partial charge < -0.3 is 4.74 Å². The van der Waals surface area contributed by atoms with Crippen molar-refractivity contribution in [2.24, 2.45) is 0 Å². The van der Waals surface area contributed by atoms with Gasteiger partial charge in [-0.15, -0.1) is 0 Å². The minimum atomic E-state index is -0.311. The van der Waals surface area contributed by atoms with E-state index in [0.29, 0.717) is 30.2 Å². The molecule has 2 rings (SSSR count). The summed E-state index contributed by atoms with van der Waals surface area (Å²) >= 11 is 0. The number of halogens is 1. The molecule has 20 heavy (non-hydrogen) atoms. The normalized spacial score (nSPS) is 14.8. The first-order valence-corrected chi connectivity index (χ1v) is 7.14. The average Bonchev–Trinajstić information content (AvgIpc) is 3.26. The molecule has 1 aliphatic rings. The average molecular weight is 279 g/mol. The van der Waals surface area contributed by atoms with E-state index in [2.05, 4.69) is 4.90 Å². The molecule has 1 aliphatic carbocycles. The molecule has 0 spiro atoms. The fraction of sp³-hybridized carbons (Fsp3) is 0.562. The van der Waals surface area contributed by atoms with Crippen molar-refractivity contribution in [3.63, 3.8) is 0 Å². The molecule has 0 bridgehead atoms. The molecule has 0 saturated heterocycles. The van der Waals surface area contributed by atoms with Gasteiger partial charge in [-0.05, 0) is 31.4 Å². The lowest BCUT2D eigenvalue weighted by Gasteiger charge is -2.21. The first kappa shape index (κ1) is 15.1. The Morgan fingerprint density at radius 3 is 2.75 bits per heavy atom. The second kappa shape index (κ2) is 6.95. The molecule has 0 unspecified atom stereocenters. The standard InChI is InChI=1S/C16H22FNO2/c1-12-3-4-13(11-15(12)17)16(19)7-8-18(9-10-20-2)14-5-6-14/h3-4,11,14H,5-10H2,1-2H3. The van der Waals surface area contributed by atoms with Crippen LogP contribution in [0.1, 0.15) is 35.2 Å². The van der Waals surface area contributed by atoms with E-state index in [1.807, 2.05) is 0 Å². The van der Waals surface area contributed by atoms with Gasteiger partial charge in [0.05, 0.1) is 6.61 Å². The van der Waals surface area contributed by atoms with Gasteiger partial charge in [0.1, 0.15) is 5.82 Å². The molecule has 0 atom stereocenters. The monoisotopic (exact) mass is 279 g/mol. The van der Waals surface area contributed by atoms with Crippen molar-refractivity contribution in [2.75, 3.05) is 26.8 Å². The van der Waals surface area contributed by atoms with Gasteiger partial charge in [0.15, 0.2) is 5.78 Å². The number of ether oxygens (including phenoxy) is 1. The van der Waals surface area contributed by atoms with Crippen molar-refractivity contribution >= 4 is 5.78 Å². The fourth-order valence-electron chi connectivity index (χ4n) is 2.28. The summed E-state index contributed by atoms with van der Waals surface area (Å²) in [5.74, 6) is -0.304. The minimum absolute atomic E-state index is 0.00645. The highest BCUT2D eigenvalue weighted by Crippen LogP contribution is 2.26. The molecule has 0 amide bonds. The highest BCUT2D eigenvalue weighted by atomic mass is 19.1. The maximum atomic E-state index is 13.5. The zero-order chi connectivity index (χ0) is 14.5. The van der Waals surface area contributed by atoms with Crippen molar-refractivity contribution in [1.29, 1.82) is 0 Å². The second-order valence-electron chi connectivity index (χ2n) is 5.40. The van der Waals surface area contributed by atoms with Crippen LogP contribution in [0, 0.1) is 12.7 Å². The van der Waals surface area contributed by atoms with E-state index in [4.69, 9.17) is 4.74 Å². The van der Waals surface area contributed by atoms with Gasteiger partial charge in [-0.1, -0.05) is 12.1 Å². The summed E-state index contributed by atoms with van der Waals surface area (Å²) in [5.41, 5.74) is 1.04. The third kappa shape index (κ3) is 4.12. The van der Waals surface area contributed by atoms with Crippen LogP contribution < -0.4 is 0 Å². The Kier molecular flexibility index (Phi) is 5.26. The molecule has 0 N–H and O–H groups in total. The van der Waals surface area contributed by atoms with E-state index in [1.54, 1.807) is 26.2 Å². The molecule has 0 radical (unpaired) electrons. The van der Waals surface area contributed by atoms with E-state index in [-0.39, 0.29) is 11.6 Å². The molecule has 0 aliphatic heterocycles. The third-order valence-electron chi connectivity index (χ3n) is 3.77. The zero-order valence-corrected chi connectivity index (χ0v) is 12.2. The van der Waals surface area contributed by atoms with Crippen LogP contribution in [0.15, 0.2) is 18.2 Å². The number of ketones is 1. The van der Waals surface area contributed by atoms with Gasteiger partial charge in [0, 0.05) is 38.2 Å². The number of nitrogens with zero attached hydrogens (tertiary/aromatic N) is 1. The molecule has 3 nitrogen and oxygen atoms in total. The van der Waals surface area contributed by atoms with Gasteiger partial charge in [-0.25, -0.2) is 4.39 Å². The van der Waals surface area contributed by atoms with E-state index in [9.17, 15) is 9.18 Å². The topological polar surface area (TPSA) is 29.5 Å². The number of rotatable bonds is 8. The Morgan fingerprint density at radius 2 is 2.15 bits per heavy atom. The summed E-state index contributed by atoms with van der Waals surface area (Å²) in [7, 11) is 1.69. The summed E-state index contributed by atoms with van der Waals surface area (Å²) in [5, 5.41) is 0. The van der Waals surface area contributed by atoms with Crippen LogP contribution in [-0.2, 0) is 4.74 Å². The molecule has 1 aromatic carbocycles. The summed E-state index contributed by atoms with van der Waals surface area (Å²) < 4.78 is 18.6. The number of carbonyl (C=O) groups is 1. The van der Waals surface area contributed by atoms with Gasteiger partial charge in [-0.3, -0.25) is 9.69 Å². The van der Waals surface area contributed by atoms with E-state index in [0.717, 1.165) is 13.1 Å². The van der Waals surface area contributed by atoms with Crippen LogP contribution in [0.25, 0.3) is 0 Å². The summed E-state index contributed by atoms with van der Waals surface area (Å²) in [6.07, 6.45) is 2.84. The van der Waals surface area contributed by atoms with Crippen LogP contribution in [0.3, 0.4) is 0 Å². The number of hydrogen-bond acceptors (Lipinski definition) is 3. The largest absolute Gasteiger partial charge is 0.383 e. The number of aryl methyl sites for hydroxylation is 1. The quantitative estimate of drug-likeness (QED) is 0.685. The highest BCUT2D eigenvalue weighted by molar-refractivity contribution is 5.96. The SMILES string of the molecule is COCCN(CCC(=O)c1ccc(C)c(F)c1)C1CC1. The molecule has 1 fully saturated rings. The van der Waals surface area contributed by atoms with E-state index >= 15 is 0 Å². The maximum absolute atomic E-state index is 13.5. The lowest BCUT2D eigenvalue weighted by molar-refractivity contribution is 0.0944. The Balaban J connectivity index is 1.88. The van der Waals surface area contributed by atoms with Gasteiger partial charge >= 0.3 is 0 Å². The maximum Gasteiger partial charge on any atom is 0.164 e. The first-order valence-electron chi connectivity index (χ1n) is 7.14. The number of carbonyl (C=O) groups excluding carboxylic acids is 1. The van der Waals surface area contributed by atoms with Gasteiger partial charge in [0.25, 0.3) is 0 Å². The Hall–Kier alpha value is -1.26. The van der Waals surface area contributed by atoms with E-state index in [1.165, 1.54) is 18.9 Å². The summed E-state index contributed by atoms with van der Waals surface area (Å²) in [6.45, 7) is 3.96. The Morgan fingerprint density at radius 1 is 1.40 bits per heavy atom. The lowest BCUT2D eigenvalue weighted by atomic mass is 10.1. The van der Waals surface area contributed by atoms with Crippen molar-refractivity contribution in [1.82, 2.24) is 4.90 Å². The van der Waals surface area contributed by atoms with Crippen LogP contribution in [0.2, 0.25) is 0 Å². The molecule has 0 aromatic heterocycles. The van der Waals surface area contributed by atoms with Crippen LogP contribution in [0.5, 0.6) is 0 Å². The molecule has 0 heterocycles. The fourth-order valence-corrected chi connectivity index (χ4v) is 2.28. The smallest absolute Gasteiger partial charge is 0.164 e. The minimum Gasteiger partial charge on any atom is -0.383 e. The molecule has 4 heteroatoms. The molecular formula is C16H22FNO2. The van der Waals surface area contributed by atoms with Gasteiger partial charge in [0.2, 0.25) is 0 Å². The molecule has 110 valence electrons. The Bertz CT molecular complexity index is 472. The van der Waals surface area contributed by atoms with Crippen molar-refractivity contribution in [3.8, 4) is 0 Å². The number of methoxy groups -OCH3 is 1. The third-order valence-corrected chi connectivity index (χ3v) is 3.77. The molecular weight excluding hydrogens is 257 g/mol. The predicted octanol–water partition coefficient (Wildman–Crippen LogP) is 2.82. The highest BCUT2D eigenvalue weighted by Gasteiger charge is 2.28. The number of Topliss-reactive ketones (excluding diaryl/α,β-unsaturated/α-hetero) is 1.